The van der Waals surface area contributed by atoms with Crippen molar-refractivity contribution in [2.45, 2.75) is 40.2 Å². The number of fused-ring (bicyclic) bond motifs is 1. The van der Waals surface area contributed by atoms with Crippen molar-refractivity contribution in [2.24, 2.45) is 11.7 Å². The summed E-state index contributed by atoms with van der Waals surface area (Å²) in [6.07, 6.45) is 0.160. The van der Waals surface area contributed by atoms with E-state index in [1.165, 1.54) is 19.1 Å². The molecule has 1 aliphatic heterocycles. The summed E-state index contributed by atoms with van der Waals surface area (Å²) in [6.45, 7) is 6.74. The molecule has 0 aliphatic carbocycles. The highest BCUT2D eigenvalue weighted by molar-refractivity contribution is 6.23. The van der Waals surface area contributed by atoms with Gasteiger partial charge in [0.15, 0.2) is 0 Å². The maximum atomic E-state index is 13.3. The average molecular weight is 455 g/mol. The molecule has 33 heavy (non-hydrogen) atoms. The molecule has 0 bridgehead atoms. The zero-order valence-corrected chi connectivity index (χ0v) is 18.8. The third-order valence-electron chi connectivity index (χ3n) is 5.18. The number of amides is 4. The Morgan fingerprint density at radius 2 is 1.67 bits per heavy atom. The highest BCUT2D eigenvalue weighted by Crippen LogP contribution is 2.30. The van der Waals surface area contributed by atoms with Gasteiger partial charge in [-0.2, -0.15) is 0 Å². The monoisotopic (exact) mass is 455 g/mol. The van der Waals surface area contributed by atoms with Gasteiger partial charge in [0.05, 0.1) is 17.7 Å². The highest BCUT2D eigenvalue weighted by atomic mass is 16.5. The topological polar surface area (TPSA) is 149 Å². The van der Waals surface area contributed by atoms with Gasteiger partial charge in [-0.1, -0.05) is 26.0 Å². The molecule has 1 aromatic heterocycles. The molecule has 1 atom stereocenters. The van der Waals surface area contributed by atoms with Crippen LogP contribution >= 0.6 is 0 Å². The van der Waals surface area contributed by atoms with E-state index in [0.717, 1.165) is 4.90 Å². The van der Waals surface area contributed by atoms with Crippen LogP contribution in [0.15, 0.2) is 28.7 Å². The number of benzene rings is 1. The standard InChI is InChI=1S/C23H25N3O7/c1-5-32-23(31)16-12(4)33-20(17(16)18(24)27)25-19(28)15(10-11(2)3)26-21(29)13-8-6-7-9-14(13)22(26)30/h6-9,11,15H,5,10H2,1-4H3,(H2,24,27)(H,25,28). The van der Waals surface area contributed by atoms with Crippen LogP contribution in [0.25, 0.3) is 0 Å². The number of furan rings is 1. The Kier molecular flexibility index (Phi) is 6.66. The number of ether oxygens (including phenoxy) is 1. The number of nitrogens with two attached hydrogens (primary N) is 1. The van der Waals surface area contributed by atoms with Gasteiger partial charge in [-0.15, -0.1) is 0 Å². The van der Waals surface area contributed by atoms with Crippen LogP contribution in [0.3, 0.4) is 0 Å². The Hall–Kier alpha value is -3.95. The van der Waals surface area contributed by atoms with E-state index in [4.69, 9.17) is 14.9 Å². The third kappa shape index (κ3) is 4.36. The van der Waals surface area contributed by atoms with Crippen molar-refractivity contribution < 1.29 is 33.1 Å². The Labute approximate surface area is 190 Å². The van der Waals surface area contributed by atoms with Crippen LogP contribution in [0.4, 0.5) is 5.88 Å². The molecule has 0 fully saturated rings. The van der Waals surface area contributed by atoms with E-state index in [1.807, 2.05) is 13.8 Å². The zero-order valence-electron chi connectivity index (χ0n) is 18.8. The lowest BCUT2D eigenvalue weighted by Gasteiger charge is -2.26. The zero-order chi connectivity index (χ0) is 24.4. The van der Waals surface area contributed by atoms with Gasteiger partial charge in [0.25, 0.3) is 17.7 Å². The second kappa shape index (κ2) is 9.27. The SMILES string of the molecule is CCOC(=O)c1c(C)oc(NC(=O)C(CC(C)C)N2C(=O)c3ccccc3C2=O)c1C(N)=O. The minimum Gasteiger partial charge on any atom is -0.462 e. The number of nitrogens with one attached hydrogen (secondary N) is 1. The number of carbonyl (C=O) groups excluding carboxylic acids is 5. The molecule has 10 heteroatoms. The van der Waals surface area contributed by atoms with Crippen LogP contribution in [0.1, 0.15) is 74.4 Å². The van der Waals surface area contributed by atoms with Crippen LogP contribution in [0, 0.1) is 12.8 Å². The summed E-state index contributed by atoms with van der Waals surface area (Å²) < 4.78 is 10.4. The Balaban J connectivity index is 1.98. The minimum absolute atomic E-state index is 0.0266. The van der Waals surface area contributed by atoms with Gasteiger partial charge in [-0.05, 0) is 38.3 Å². The summed E-state index contributed by atoms with van der Waals surface area (Å²) in [7, 11) is 0. The molecular weight excluding hydrogens is 430 g/mol. The second-order valence-electron chi connectivity index (χ2n) is 7.98. The van der Waals surface area contributed by atoms with Crippen molar-refractivity contribution in [3.63, 3.8) is 0 Å². The molecule has 2 aromatic rings. The number of rotatable bonds is 8. The molecule has 10 nitrogen and oxygen atoms in total. The second-order valence-corrected chi connectivity index (χ2v) is 7.98. The maximum absolute atomic E-state index is 13.3. The predicted octanol–water partition coefficient (Wildman–Crippen LogP) is 2.51. The molecular formula is C23H25N3O7. The lowest BCUT2D eigenvalue weighted by Crippen LogP contribution is -2.48. The van der Waals surface area contributed by atoms with Gasteiger partial charge in [-0.3, -0.25) is 29.4 Å². The van der Waals surface area contributed by atoms with E-state index >= 15 is 0 Å². The highest BCUT2D eigenvalue weighted by Gasteiger charge is 2.43. The first-order chi connectivity index (χ1) is 15.6. The van der Waals surface area contributed by atoms with Crippen LogP contribution in [0.2, 0.25) is 0 Å². The first-order valence-electron chi connectivity index (χ1n) is 10.5. The fraction of sp³-hybridized carbons (Fsp3) is 0.348. The minimum atomic E-state index is -1.19. The number of aryl methyl sites for hydroxylation is 1. The number of carbonyl (C=O) groups is 5. The first kappa shape index (κ1) is 23.7. The fourth-order valence-corrected chi connectivity index (χ4v) is 3.78. The van der Waals surface area contributed by atoms with Crippen molar-refractivity contribution in [1.82, 2.24) is 4.90 Å². The van der Waals surface area contributed by atoms with Crippen molar-refractivity contribution in [3.8, 4) is 0 Å². The summed E-state index contributed by atoms with van der Waals surface area (Å²) in [4.78, 5) is 64.5. The van der Waals surface area contributed by atoms with E-state index in [9.17, 15) is 24.0 Å². The number of hydrogen-bond acceptors (Lipinski definition) is 7. The molecule has 1 unspecified atom stereocenters. The summed E-state index contributed by atoms with van der Waals surface area (Å²) in [5, 5.41) is 2.44. The lowest BCUT2D eigenvalue weighted by molar-refractivity contribution is -0.120. The van der Waals surface area contributed by atoms with Crippen LogP contribution in [0.5, 0.6) is 0 Å². The van der Waals surface area contributed by atoms with Gasteiger partial charge in [0, 0.05) is 0 Å². The number of esters is 1. The predicted molar refractivity (Wildman–Crippen MR) is 117 cm³/mol. The molecule has 2 heterocycles. The Morgan fingerprint density at radius 3 is 2.15 bits per heavy atom. The van der Waals surface area contributed by atoms with Crippen molar-refractivity contribution in [2.75, 3.05) is 11.9 Å². The number of primary amides is 1. The molecule has 3 rings (SSSR count). The van der Waals surface area contributed by atoms with Crippen molar-refractivity contribution in [1.29, 1.82) is 0 Å². The van der Waals surface area contributed by atoms with Gasteiger partial charge < -0.3 is 14.9 Å². The number of imide groups is 1. The normalized spacial score (nSPS) is 13.8. The molecule has 0 spiro atoms. The Bertz CT molecular complexity index is 1110. The molecule has 0 saturated carbocycles. The lowest BCUT2D eigenvalue weighted by atomic mass is 10.0. The maximum Gasteiger partial charge on any atom is 0.342 e. The van der Waals surface area contributed by atoms with Gasteiger partial charge in [-0.25, -0.2) is 4.79 Å². The fourth-order valence-electron chi connectivity index (χ4n) is 3.78. The van der Waals surface area contributed by atoms with Gasteiger partial charge in [0.2, 0.25) is 11.8 Å². The van der Waals surface area contributed by atoms with Gasteiger partial charge >= 0.3 is 5.97 Å². The van der Waals surface area contributed by atoms with Crippen LogP contribution in [-0.2, 0) is 9.53 Å². The summed E-state index contributed by atoms with van der Waals surface area (Å²) in [6, 6.07) is 5.12. The van der Waals surface area contributed by atoms with E-state index < -0.39 is 35.6 Å². The molecule has 0 saturated heterocycles. The van der Waals surface area contributed by atoms with E-state index in [-0.39, 0.29) is 52.8 Å². The van der Waals surface area contributed by atoms with Crippen molar-refractivity contribution in [3.05, 3.63) is 52.3 Å². The summed E-state index contributed by atoms with van der Waals surface area (Å²) >= 11 is 0. The largest absolute Gasteiger partial charge is 0.462 e. The molecule has 1 aliphatic rings. The van der Waals surface area contributed by atoms with Crippen LogP contribution in [-0.4, -0.2) is 47.1 Å². The smallest absolute Gasteiger partial charge is 0.342 e. The van der Waals surface area contributed by atoms with E-state index in [2.05, 4.69) is 5.32 Å². The average Bonchev–Trinajstić information content (AvgIpc) is 3.20. The summed E-state index contributed by atoms with van der Waals surface area (Å²) in [5.74, 6) is -4.15. The first-order valence-corrected chi connectivity index (χ1v) is 10.5. The molecule has 4 amide bonds. The molecule has 1 aromatic carbocycles. The number of anilines is 1. The quantitative estimate of drug-likeness (QED) is 0.459. The van der Waals surface area contributed by atoms with Gasteiger partial charge in [0.1, 0.15) is 22.9 Å². The van der Waals surface area contributed by atoms with E-state index in [1.54, 1.807) is 19.1 Å². The van der Waals surface area contributed by atoms with E-state index in [0.29, 0.717) is 0 Å². The van der Waals surface area contributed by atoms with Crippen LogP contribution < -0.4 is 11.1 Å². The molecule has 0 radical (unpaired) electrons. The number of nitrogens with zero attached hydrogens (tertiary/aromatic N) is 1. The summed E-state index contributed by atoms with van der Waals surface area (Å²) in [5.41, 5.74) is 5.32. The van der Waals surface area contributed by atoms with Crippen molar-refractivity contribution >= 4 is 35.5 Å². The molecule has 174 valence electrons. The molecule has 3 N–H and O–H groups in total. The Morgan fingerprint density at radius 1 is 1.09 bits per heavy atom. The third-order valence-corrected chi connectivity index (χ3v) is 5.18. The number of hydrogen-bond donors (Lipinski definition) is 2.